The smallest absolute Gasteiger partial charge is 0.225 e. The summed E-state index contributed by atoms with van der Waals surface area (Å²) in [6.07, 6.45) is 0. The van der Waals surface area contributed by atoms with Gasteiger partial charge in [-0.05, 0) is 28.1 Å². The Labute approximate surface area is 111 Å². The predicted octanol–water partition coefficient (Wildman–Crippen LogP) is 2.71. The number of halogens is 2. The Hall–Kier alpha value is -1.89. The molecule has 0 fully saturated rings. The fourth-order valence-electron chi connectivity index (χ4n) is 1.36. The van der Waals surface area contributed by atoms with Gasteiger partial charge in [0.05, 0.1) is 12.8 Å². The molecule has 1 aromatic carbocycles. The fraction of sp³-hybridized carbons (Fsp3) is 0.0909. The van der Waals surface area contributed by atoms with Crippen LogP contribution >= 0.6 is 15.9 Å². The topological polar surface area (TPSA) is 73.1 Å². The average molecular weight is 313 g/mol. The van der Waals surface area contributed by atoms with Gasteiger partial charge in [0.2, 0.25) is 11.8 Å². The van der Waals surface area contributed by atoms with Crippen LogP contribution in [0.2, 0.25) is 0 Å². The number of nitrogens with zero attached hydrogens (tertiary/aromatic N) is 2. The monoisotopic (exact) mass is 312 g/mol. The van der Waals surface area contributed by atoms with Crippen molar-refractivity contribution in [3.63, 3.8) is 0 Å². The third kappa shape index (κ3) is 2.67. The summed E-state index contributed by atoms with van der Waals surface area (Å²) in [5.41, 5.74) is 5.79. The Morgan fingerprint density at radius 2 is 2.17 bits per heavy atom. The molecule has 0 unspecified atom stereocenters. The second-order valence-corrected chi connectivity index (χ2v) is 4.23. The first-order chi connectivity index (χ1) is 8.60. The second kappa shape index (κ2) is 5.18. The van der Waals surface area contributed by atoms with Gasteiger partial charge < -0.3 is 15.8 Å². The highest BCUT2D eigenvalue weighted by Gasteiger charge is 2.09. The molecule has 0 aliphatic rings. The highest BCUT2D eigenvalue weighted by Crippen LogP contribution is 2.28. The number of nitrogens with one attached hydrogen (secondary N) is 1. The van der Waals surface area contributed by atoms with Gasteiger partial charge in [0, 0.05) is 10.5 Å². The first kappa shape index (κ1) is 12.6. The van der Waals surface area contributed by atoms with Gasteiger partial charge in [-0.3, -0.25) is 0 Å². The molecule has 0 aliphatic heterocycles. The largest absolute Gasteiger partial charge is 0.481 e. The van der Waals surface area contributed by atoms with Crippen molar-refractivity contribution in [2.24, 2.45) is 0 Å². The van der Waals surface area contributed by atoms with Crippen LogP contribution in [-0.4, -0.2) is 17.1 Å². The molecule has 94 valence electrons. The molecule has 3 N–H and O–H groups in total. The van der Waals surface area contributed by atoms with Crippen LogP contribution in [0.15, 0.2) is 28.7 Å². The van der Waals surface area contributed by atoms with Crippen molar-refractivity contribution in [3.8, 4) is 5.88 Å². The molecule has 2 rings (SSSR count). The lowest BCUT2D eigenvalue weighted by molar-refractivity contribution is 0.398. The molecule has 0 radical (unpaired) electrons. The van der Waals surface area contributed by atoms with Gasteiger partial charge in [0.1, 0.15) is 11.6 Å². The number of rotatable bonds is 3. The standard InChI is InChI=1S/C11H10BrFN4O/c1-18-9-5-8(16-11(14)17-9)15-10-6(12)3-2-4-7(10)13/h2-5H,1H3,(H3,14,15,16,17). The lowest BCUT2D eigenvalue weighted by Gasteiger charge is -2.10. The summed E-state index contributed by atoms with van der Waals surface area (Å²) in [6, 6.07) is 6.18. The maximum absolute atomic E-state index is 13.6. The molecule has 18 heavy (non-hydrogen) atoms. The summed E-state index contributed by atoms with van der Waals surface area (Å²) in [4.78, 5) is 7.79. The first-order valence-electron chi connectivity index (χ1n) is 4.99. The number of para-hydroxylation sites is 1. The normalized spacial score (nSPS) is 10.2. The first-order valence-corrected chi connectivity index (χ1v) is 5.79. The molecule has 0 bridgehead atoms. The lowest BCUT2D eigenvalue weighted by atomic mass is 10.3. The number of ether oxygens (including phenoxy) is 1. The Morgan fingerprint density at radius 3 is 2.83 bits per heavy atom. The molecule has 7 heteroatoms. The molecule has 0 aliphatic carbocycles. The van der Waals surface area contributed by atoms with Gasteiger partial charge in [-0.15, -0.1) is 0 Å². The van der Waals surface area contributed by atoms with E-state index in [0.717, 1.165) is 0 Å². The summed E-state index contributed by atoms with van der Waals surface area (Å²) >= 11 is 3.25. The molecular formula is C11H10BrFN4O. The Balaban J connectivity index is 2.37. The molecule has 0 amide bonds. The van der Waals surface area contributed by atoms with Crippen LogP contribution in [0.3, 0.4) is 0 Å². The minimum atomic E-state index is -0.402. The lowest BCUT2D eigenvalue weighted by Crippen LogP contribution is -2.03. The van der Waals surface area contributed by atoms with Crippen molar-refractivity contribution in [2.45, 2.75) is 0 Å². The summed E-state index contributed by atoms with van der Waals surface area (Å²) in [7, 11) is 1.46. The van der Waals surface area contributed by atoms with Crippen LogP contribution in [0.25, 0.3) is 0 Å². The number of hydrogen-bond acceptors (Lipinski definition) is 5. The van der Waals surface area contributed by atoms with E-state index in [1.165, 1.54) is 19.2 Å². The maximum atomic E-state index is 13.6. The van der Waals surface area contributed by atoms with Crippen LogP contribution in [0.5, 0.6) is 5.88 Å². The zero-order chi connectivity index (χ0) is 13.1. The van der Waals surface area contributed by atoms with Gasteiger partial charge >= 0.3 is 0 Å². The van der Waals surface area contributed by atoms with Gasteiger partial charge in [-0.2, -0.15) is 9.97 Å². The van der Waals surface area contributed by atoms with Crippen LogP contribution in [0, 0.1) is 5.82 Å². The maximum Gasteiger partial charge on any atom is 0.225 e. The summed E-state index contributed by atoms with van der Waals surface area (Å²) in [6.45, 7) is 0. The third-order valence-corrected chi connectivity index (χ3v) is 2.81. The van der Waals surface area contributed by atoms with Crippen molar-refractivity contribution in [1.29, 1.82) is 0 Å². The van der Waals surface area contributed by atoms with E-state index in [0.29, 0.717) is 16.2 Å². The summed E-state index contributed by atoms with van der Waals surface area (Å²) < 4.78 is 19.2. The average Bonchev–Trinajstić information content (AvgIpc) is 2.33. The highest BCUT2D eigenvalue weighted by atomic mass is 79.9. The van der Waals surface area contributed by atoms with E-state index in [1.54, 1.807) is 12.1 Å². The van der Waals surface area contributed by atoms with E-state index in [1.807, 2.05) is 0 Å². The minimum Gasteiger partial charge on any atom is -0.481 e. The SMILES string of the molecule is COc1cc(Nc2c(F)cccc2Br)nc(N)n1. The Bertz CT molecular complexity index is 559. The van der Waals surface area contributed by atoms with E-state index in [9.17, 15) is 4.39 Å². The number of benzene rings is 1. The second-order valence-electron chi connectivity index (χ2n) is 3.38. The van der Waals surface area contributed by atoms with E-state index >= 15 is 0 Å². The molecular weight excluding hydrogens is 303 g/mol. The van der Waals surface area contributed by atoms with Crippen LogP contribution in [0.1, 0.15) is 0 Å². The van der Waals surface area contributed by atoms with Gasteiger partial charge in [-0.1, -0.05) is 6.07 Å². The van der Waals surface area contributed by atoms with Crippen molar-refractivity contribution in [2.75, 3.05) is 18.2 Å². The van der Waals surface area contributed by atoms with Crippen molar-refractivity contribution in [3.05, 3.63) is 34.6 Å². The number of aromatic nitrogens is 2. The van der Waals surface area contributed by atoms with E-state index in [4.69, 9.17) is 10.5 Å². The van der Waals surface area contributed by atoms with Crippen LogP contribution < -0.4 is 15.8 Å². The van der Waals surface area contributed by atoms with Crippen molar-refractivity contribution < 1.29 is 9.13 Å². The number of methoxy groups -OCH3 is 1. The molecule has 1 aromatic heterocycles. The number of nitrogens with two attached hydrogens (primary N) is 1. The highest BCUT2D eigenvalue weighted by molar-refractivity contribution is 9.10. The summed E-state index contributed by atoms with van der Waals surface area (Å²) in [5, 5.41) is 2.82. The van der Waals surface area contributed by atoms with Gasteiger partial charge in [0.15, 0.2) is 0 Å². The quantitative estimate of drug-likeness (QED) is 0.911. The zero-order valence-electron chi connectivity index (χ0n) is 9.45. The molecule has 2 aromatic rings. The summed E-state index contributed by atoms with van der Waals surface area (Å²) in [5.74, 6) is 0.299. The van der Waals surface area contributed by atoms with E-state index < -0.39 is 5.82 Å². The molecule has 5 nitrogen and oxygen atoms in total. The molecule has 0 atom stereocenters. The Kier molecular flexibility index (Phi) is 3.61. The molecule has 0 saturated carbocycles. The van der Waals surface area contributed by atoms with E-state index in [2.05, 4.69) is 31.2 Å². The third-order valence-electron chi connectivity index (χ3n) is 2.14. The fourth-order valence-corrected chi connectivity index (χ4v) is 1.80. The van der Waals surface area contributed by atoms with Crippen molar-refractivity contribution >= 4 is 33.4 Å². The number of nitrogen functional groups attached to an aromatic ring is 1. The van der Waals surface area contributed by atoms with Crippen LogP contribution in [0.4, 0.5) is 21.8 Å². The van der Waals surface area contributed by atoms with Gasteiger partial charge in [0.25, 0.3) is 0 Å². The Morgan fingerprint density at radius 1 is 1.39 bits per heavy atom. The minimum absolute atomic E-state index is 0.0457. The zero-order valence-corrected chi connectivity index (χ0v) is 11.0. The molecule has 1 heterocycles. The number of anilines is 3. The van der Waals surface area contributed by atoms with Crippen molar-refractivity contribution in [1.82, 2.24) is 9.97 Å². The van der Waals surface area contributed by atoms with E-state index in [-0.39, 0.29) is 11.6 Å². The molecule has 0 saturated heterocycles. The predicted molar refractivity (Wildman–Crippen MR) is 70.4 cm³/mol. The van der Waals surface area contributed by atoms with Gasteiger partial charge in [-0.25, -0.2) is 4.39 Å². The van der Waals surface area contributed by atoms with Crippen LogP contribution in [-0.2, 0) is 0 Å². The number of hydrogen-bond donors (Lipinski definition) is 2. The molecule has 0 spiro atoms.